The molecule has 1 N–H and O–H groups in total. The van der Waals surface area contributed by atoms with Crippen LogP contribution in [-0.4, -0.2) is 6.54 Å². The molecule has 0 aromatic heterocycles. The second-order valence-corrected chi connectivity index (χ2v) is 4.62. The molecule has 0 saturated heterocycles. The van der Waals surface area contributed by atoms with Gasteiger partial charge in [0, 0.05) is 20.3 Å². The lowest BCUT2D eigenvalue weighted by molar-refractivity contribution is 1.10. The van der Waals surface area contributed by atoms with Crippen LogP contribution in [0.2, 0.25) is 0 Å². The molecule has 1 aliphatic rings. The summed E-state index contributed by atoms with van der Waals surface area (Å²) in [7, 11) is 0. The van der Waals surface area contributed by atoms with Crippen molar-refractivity contribution in [3.63, 3.8) is 0 Å². The Kier molecular flexibility index (Phi) is 2.10. The fourth-order valence-corrected chi connectivity index (χ4v) is 2.15. The normalized spacial score (nSPS) is 14.4. The number of benzene rings is 1. The summed E-state index contributed by atoms with van der Waals surface area (Å²) in [6, 6.07) is 4.39. The molecule has 11 heavy (non-hydrogen) atoms. The largest absolute Gasteiger partial charge is 0.384 e. The van der Waals surface area contributed by atoms with Gasteiger partial charge in [-0.1, -0.05) is 0 Å². The fourth-order valence-electron chi connectivity index (χ4n) is 1.29. The van der Waals surface area contributed by atoms with Crippen molar-refractivity contribution in [3.05, 3.63) is 25.7 Å². The van der Waals surface area contributed by atoms with Gasteiger partial charge in [0.15, 0.2) is 0 Å². The first kappa shape index (κ1) is 7.86. The van der Waals surface area contributed by atoms with Crippen LogP contribution in [0.4, 0.5) is 5.69 Å². The van der Waals surface area contributed by atoms with Gasteiger partial charge < -0.3 is 5.32 Å². The molecular formula is C8H7BrIN. The quantitative estimate of drug-likeness (QED) is 0.724. The summed E-state index contributed by atoms with van der Waals surface area (Å²) in [6.07, 6.45) is 1.16. The number of fused-ring (bicyclic) bond motifs is 1. The zero-order valence-electron chi connectivity index (χ0n) is 5.82. The van der Waals surface area contributed by atoms with Crippen LogP contribution in [-0.2, 0) is 6.42 Å². The summed E-state index contributed by atoms with van der Waals surface area (Å²) in [5.41, 5.74) is 2.73. The van der Waals surface area contributed by atoms with Gasteiger partial charge in [0.05, 0.1) is 0 Å². The van der Waals surface area contributed by atoms with Crippen LogP contribution in [0.3, 0.4) is 0 Å². The summed E-state index contributed by atoms with van der Waals surface area (Å²) in [4.78, 5) is 0. The summed E-state index contributed by atoms with van der Waals surface area (Å²) >= 11 is 5.84. The van der Waals surface area contributed by atoms with Crippen molar-refractivity contribution in [3.8, 4) is 0 Å². The van der Waals surface area contributed by atoms with E-state index in [1.54, 1.807) is 0 Å². The molecule has 0 radical (unpaired) electrons. The minimum atomic E-state index is 1.09. The molecule has 0 saturated carbocycles. The standard InChI is InChI=1S/C8H7BrIN/c9-6-3-5-1-2-11-8(5)4-7(6)10/h3-4,11H,1-2H2. The van der Waals surface area contributed by atoms with E-state index < -0.39 is 0 Å². The van der Waals surface area contributed by atoms with E-state index >= 15 is 0 Å². The predicted molar refractivity (Wildman–Crippen MR) is 59.1 cm³/mol. The van der Waals surface area contributed by atoms with E-state index in [9.17, 15) is 0 Å². The Hall–Kier alpha value is 0.230. The summed E-state index contributed by atoms with van der Waals surface area (Å²) in [5, 5.41) is 3.34. The van der Waals surface area contributed by atoms with Crippen LogP contribution in [0.5, 0.6) is 0 Å². The lowest BCUT2D eigenvalue weighted by atomic mass is 10.2. The Morgan fingerprint density at radius 3 is 3.09 bits per heavy atom. The van der Waals surface area contributed by atoms with Crippen LogP contribution in [0.15, 0.2) is 16.6 Å². The molecular weight excluding hydrogens is 317 g/mol. The zero-order chi connectivity index (χ0) is 7.84. The molecule has 1 aromatic rings. The Bertz CT molecular complexity index is 269. The topological polar surface area (TPSA) is 12.0 Å². The van der Waals surface area contributed by atoms with Crippen molar-refractivity contribution in [2.24, 2.45) is 0 Å². The maximum absolute atomic E-state index is 3.51. The number of hydrogen-bond donors (Lipinski definition) is 1. The van der Waals surface area contributed by atoms with E-state index in [4.69, 9.17) is 0 Å². The van der Waals surface area contributed by atoms with Gasteiger partial charge >= 0.3 is 0 Å². The van der Waals surface area contributed by atoms with E-state index in [0.29, 0.717) is 0 Å². The summed E-state index contributed by atoms with van der Waals surface area (Å²) in [6.45, 7) is 1.09. The molecule has 0 aliphatic carbocycles. The van der Waals surface area contributed by atoms with Gasteiger partial charge in [-0.2, -0.15) is 0 Å². The molecule has 0 unspecified atom stereocenters. The van der Waals surface area contributed by atoms with Crippen molar-refractivity contribution >= 4 is 44.2 Å². The Balaban J connectivity index is 2.57. The van der Waals surface area contributed by atoms with Crippen molar-refractivity contribution in [1.82, 2.24) is 0 Å². The number of nitrogens with one attached hydrogen (secondary N) is 1. The molecule has 1 heterocycles. The Morgan fingerprint density at radius 1 is 1.45 bits per heavy atom. The number of hydrogen-bond acceptors (Lipinski definition) is 1. The Morgan fingerprint density at radius 2 is 2.27 bits per heavy atom. The van der Waals surface area contributed by atoms with Gasteiger partial charge in [-0.05, 0) is 62.6 Å². The Labute approximate surface area is 87.8 Å². The third-order valence-corrected chi connectivity index (χ3v) is 4.15. The van der Waals surface area contributed by atoms with E-state index in [2.05, 4.69) is 56.0 Å². The van der Waals surface area contributed by atoms with Crippen LogP contribution < -0.4 is 5.32 Å². The lowest BCUT2D eigenvalue weighted by Gasteiger charge is -2.01. The van der Waals surface area contributed by atoms with Gasteiger partial charge in [-0.25, -0.2) is 0 Å². The molecule has 0 bridgehead atoms. The highest BCUT2D eigenvalue weighted by Gasteiger charge is 2.11. The minimum absolute atomic E-state index is 1.09. The monoisotopic (exact) mass is 323 g/mol. The van der Waals surface area contributed by atoms with Gasteiger partial charge in [0.2, 0.25) is 0 Å². The molecule has 0 atom stereocenters. The number of rotatable bonds is 0. The highest BCUT2D eigenvalue weighted by atomic mass is 127. The SMILES string of the molecule is Brc1cc2c(cc1I)NCC2. The molecule has 1 nitrogen and oxygen atoms in total. The predicted octanol–water partition coefficient (Wildman–Crippen LogP) is 3.02. The van der Waals surface area contributed by atoms with Gasteiger partial charge in [-0.3, -0.25) is 0 Å². The smallest absolute Gasteiger partial charge is 0.0384 e. The molecule has 0 amide bonds. The lowest BCUT2D eigenvalue weighted by Crippen LogP contribution is -1.90. The molecule has 1 aliphatic heterocycles. The molecule has 1 aromatic carbocycles. The average Bonchev–Trinajstić information content (AvgIpc) is 2.36. The summed E-state index contributed by atoms with van der Waals surface area (Å²) in [5.74, 6) is 0. The van der Waals surface area contributed by atoms with Crippen molar-refractivity contribution in [1.29, 1.82) is 0 Å². The molecule has 3 heteroatoms. The molecule has 58 valence electrons. The van der Waals surface area contributed by atoms with Crippen molar-refractivity contribution in [2.45, 2.75) is 6.42 Å². The maximum atomic E-state index is 3.51. The highest BCUT2D eigenvalue weighted by Crippen LogP contribution is 2.29. The average molecular weight is 324 g/mol. The van der Waals surface area contributed by atoms with Crippen LogP contribution in [0.1, 0.15) is 5.56 Å². The van der Waals surface area contributed by atoms with Gasteiger partial charge in [0.25, 0.3) is 0 Å². The van der Waals surface area contributed by atoms with Gasteiger partial charge in [0.1, 0.15) is 0 Å². The van der Waals surface area contributed by atoms with Crippen molar-refractivity contribution in [2.75, 3.05) is 11.9 Å². The first-order valence-electron chi connectivity index (χ1n) is 3.49. The second kappa shape index (κ2) is 2.94. The first-order chi connectivity index (χ1) is 5.27. The van der Waals surface area contributed by atoms with E-state index in [-0.39, 0.29) is 0 Å². The van der Waals surface area contributed by atoms with Crippen LogP contribution in [0.25, 0.3) is 0 Å². The fraction of sp³-hybridized carbons (Fsp3) is 0.250. The minimum Gasteiger partial charge on any atom is -0.384 e. The summed E-state index contributed by atoms with van der Waals surface area (Å²) < 4.78 is 2.48. The maximum Gasteiger partial charge on any atom is 0.0384 e. The zero-order valence-corrected chi connectivity index (χ0v) is 9.57. The van der Waals surface area contributed by atoms with E-state index in [0.717, 1.165) is 13.0 Å². The van der Waals surface area contributed by atoms with E-state index in [1.165, 1.54) is 19.3 Å². The third-order valence-electron chi connectivity index (χ3n) is 1.86. The van der Waals surface area contributed by atoms with Crippen LogP contribution in [0, 0.1) is 3.57 Å². The van der Waals surface area contributed by atoms with E-state index in [1.807, 2.05) is 0 Å². The van der Waals surface area contributed by atoms with Gasteiger partial charge in [-0.15, -0.1) is 0 Å². The van der Waals surface area contributed by atoms with Crippen LogP contribution >= 0.6 is 38.5 Å². The molecule has 0 spiro atoms. The molecule has 0 fully saturated rings. The second-order valence-electron chi connectivity index (χ2n) is 2.60. The number of anilines is 1. The molecule has 2 rings (SSSR count). The van der Waals surface area contributed by atoms with Crippen molar-refractivity contribution < 1.29 is 0 Å². The first-order valence-corrected chi connectivity index (χ1v) is 5.36. The number of halogens is 2. The third kappa shape index (κ3) is 1.40. The highest BCUT2D eigenvalue weighted by molar-refractivity contribution is 14.1.